The molecule has 5 heteroatoms. The summed E-state index contributed by atoms with van der Waals surface area (Å²) in [6.45, 7) is 4.05. The van der Waals surface area contributed by atoms with E-state index in [1.54, 1.807) is 37.1 Å². The Balaban J connectivity index is 2.46. The van der Waals surface area contributed by atoms with Crippen molar-refractivity contribution in [2.24, 2.45) is 5.73 Å². The van der Waals surface area contributed by atoms with Gasteiger partial charge in [0.25, 0.3) is 0 Å². The van der Waals surface area contributed by atoms with E-state index in [1.165, 1.54) is 0 Å². The summed E-state index contributed by atoms with van der Waals surface area (Å²) in [5, 5.41) is 10.8. The minimum atomic E-state index is -0.804. The number of thioether (sulfide) groups is 1. The van der Waals surface area contributed by atoms with Gasteiger partial charge in [0, 0.05) is 24.2 Å². The van der Waals surface area contributed by atoms with Gasteiger partial charge in [-0.3, -0.25) is 0 Å². The van der Waals surface area contributed by atoms with Crippen LogP contribution < -0.4 is 5.73 Å². The first-order valence-electron chi connectivity index (χ1n) is 4.89. The molecule has 0 radical (unpaired) electrons. The molecule has 1 heterocycles. The molecule has 1 aromatic heterocycles. The molecule has 2 atom stereocenters. The molecule has 4 nitrogen and oxygen atoms in total. The predicted molar refractivity (Wildman–Crippen MR) is 61.6 cm³/mol. The number of rotatable bonds is 5. The smallest absolute Gasteiger partial charge is 0.187 e. The normalized spacial score (nSPS) is 17.1. The number of aromatic nitrogens is 2. The van der Waals surface area contributed by atoms with Gasteiger partial charge in [0.05, 0.1) is 5.60 Å². The Hall–Kier alpha value is -0.650. The fourth-order valence-corrected chi connectivity index (χ4v) is 2.32. The van der Waals surface area contributed by atoms with Crippen LogP contribution in [-0.4, -0.2) is 32.5 Å². The van der Waals surface area contributed by atoms with Gasteiger partial charge in [0.1, 0.15) is 0 Å². The number of aliphatic hydroxyl groups is 1. The van der Waals surface area contributed by atoms with Gasteiger partial charge < -0.3 is 10.8 Å². The van der Waals surface area contributed by atoms with Crippen molar-refractivity contribution in [3.63, 3.8) is 0 Å². The van der Waals surface area contributed by atoms with Crippen molar-refractivity contribution in [1.29, 1.82) is 0 Å². The van der Waals surface area contributed by atoms with Crippen LogP contribution in [0.2, 0.25) is 0 Å². The molecule has 0 bridgehead atoms. The molecule has 3 N–H and O–H groups in total. The minimum Gasteiger partial charge on any atom is -0.389 e. The zero-order chi connectivity index (χ0) is 11.3. The SMILES string of the molecule is CC(CC(C)(O)CN)Sc1ncccn1. The third kappa shape index (κ3) is 4.59. The summed E-state index contributed by atoms with van der Waals surface area (Å²) in [4.78, 5) is 8.23. The monoisotopic (exact) mass is 227 g/mol. The quantitative estimate of drug-likeness (QED) is 0.581. The molecule has 0 aromatic carbocycles. The maximum Gasteiger partial charge on any atom is 0.187 e. The summed E-state index contributed by atoms with van der Waals surface area (Å²) in [6.07, 6.45) is 4.05. The maximum atomic E-state index is 9.79. The fraction of sp³-hybridized carbons (Fsp3) is 0.600. The fourth-order valence-electron chi connectivity index (χ4n) is 1.27. The third-order valence-electron chi connectivity index (χ3n) is 2.02. The van der Waals surface area contributed by atoms with Crippen LogP contribution in [0.5, 0.6) is 0 Å². The molecular weight excluding hydrogens is 210 g/mol. The summed E-state index contributed by atoms with van der Waals surface area (Å²) in [7, 11) is 0. The van der Waals surface area contributed by atoms with Crippen LogP contribution in [0.4, 0.5) is 0 Å². The average Bonchev–Trinajstić information content (AvgIpc) is 2.18. The number of nitrogens with zero attached hydrogens (tertiary/aromatic N) is 2. The van der Waals surface area contributed by atoms with E-state index < -0.39 is 5.60 Å². The lowest BCUT2D eigenvalue weighted by Gasteiger charge is -2.24. The van der Waals surface area contributed by atoms with E-state index >= 15 is 0 Å². The highest BCUT2D eigenvalue weighted by Gasteiger charge is 2.22. The second kappa shape index (κ2) is 5.44. The number of hydrogen-bond acceptors (Lipinski definition) is 5. The van der Waals surface area contributed by atoms with Gasteiger partial charge >= 0.3 is 0 Å². The Morgan fingerprint density at radius 3 is 2.67 bits per heavy atom. The summed E-state index contributed by atoms with van der Waals surface area (Å²) >= 11 is 1.55. The number of nitrogens with two attached hydrogens (primary N) is 1. The summed E-state index contributed by atoms with van der Waals surface area (Å²) in [6, 6.07) is 1.78. The van der Waals surface area contributed by atoms with Crippen molar-refractivity contribution in [2.45, 2.75) is 36.3 Å². The highest BCUT2D eigenvalue weighted by molar-refractivity contribution is 7.99. The van der Waals surface area contributed by atoms with E-state index in [0.29, 0.717) is 6.42 Å². The summed E-state index contributed by atoms with van der Waals surface area (Å²) < 4.78 is 0. The standard InChI is InChI=1S/C10H17N3OS/c1-8(6-10(2,14)7-11)15-9-12-4-3-5-13-9/h3-5,8,14H,6-7,11H2,1-2H3. The largest absolute Gasteiger partial charge is 0.389 e. The van der Waals surface area contributed by atoms with Crippen molar-refractivity contribution >= 4 is 11.8 Å². The molecular formula is C10H17N3OS. The van der Waals surface area contributed by atoms with Gasteiger partial charge in [0.15, 0.2) is 5.16 Å². The first-order chi connectivity index (χ1) is 7.03. The van der Waals surface area contributed by atoms with E-state index in [4.69, 9.17) is 5.73 Å². The molecule has 0 aliphatic carbocycles. The van der Waals surface area contributed by atoms with Crippen molar-refractivity contribution in [1.82, 2.24) is 9.97 Å². The minimum absolute atomic E-state index is 0.242. The van der Waals surface area contributed by atoms with Crippen molar-refractivity contribution in [3.8, 4) is 0 Å². The van der Waals surface area contributed by atoms with Crippen LogP contribution in [0.25, 0.3) is 0 Å². The Bertz CT molecular complexity index is 292. The second-order valence-electron chi connectivity index (χ2n) is 3.87. The van der Waals surface area contributed by atoms with Crippen molar-refractivity contribution < 1.29 is 5.11 Å². The lowest BCUT2D eigenvalue weighted by Crippen LogP contribution is -2.36. The molecule has 84 valence electrons. The molecule has 0 fully saturated rings. The highest BCUT2D eigenvalue weighted by atomic mass is 32.2. The first kappa shape index (κ1) is 12.4. The maximum absolute atomic E-state index is 9.79. The average molecular weight is 227 g/mol. The first-order valence-corrected chi connectivity index (χ1v) is 5.77. The Morgan fingerprint density at radius 2 is 2.13 bits per heavy atom. The molecule has 15 heavy (non-hydrogen) atoms. The predicted octanol–water partition coefficient (Wildman–Crippen LogP) is 1.06. The second-order valence-corrected chi connectivity index (χ2v) is 5.27. The summed E-state index contributed by atoms with van der Waals surface area (Å²) in [5.74, 6) is 0. The van der Waals surface area contributed by atoms with Crippen LogP contribution in [0.1, 0.15) is 20.3 Å². The van der Waals surface area contributed by atoms with Crippen molar-refractivity contribution in [2.75, 3.05) is 6.54 Å². The molecule has 1 aromatic rings. The zero-order valence-electron chi connectivity index (χ0n) is 9.05. The van der Waals surface area contributed by atoms with Crippen molar-refractivity contribution in [3.05, 3.63) is 18.5 Å². The molecule has 1 rings (SSSR count). The third-order valence-corrected chi connectivity index (χ3v) is 3.01. The van der Waals surface area contributed by atoms with E-state index in [1.807, 2.05) is 6.92 Å². The topological polar surface area (TPSA) is 72.0 Å². The Morgan fingerprint density at radius 1 is 1.53 bits per heavy atom. The molecule has 0 saturated carbocycles. The van der Waals surface area contributed by atoms with Crippen LogP contribution >= 0.6 is 11.8 Å². The lowest BCUT2D eigenvalue weighted by atomic mass is 10.0. The van der Waals surface area contributed by atoms with Crippen LogP contribution in [0.15, 0.2) is 23.6 Å². The van der Waals surface area contributed by atoms with Gasteiger partial charge in [-0.15, -0.1) is 0 Å². The van der Waals surface area contributed by atoms with Gasteiger partial charge in [-0.2, -0.15) is 0 Å². The summed E-state index contributed by atoms with van der Waals surface area (Å²) in [5.41, 5.74) is 4.65. The van der Waals surface area contributed by atoms with Gasteiger partial charge in [-0.1, -0.05) is 18.7 Å². The lowest BCUT2D eigenvalue weighted by molar-refractivity contribution is 0.0608. The Labute approximate surface area is 94.3 Å². The van der Waals surface area contributed by atoms with E-state index in [9.17, 15) is 5.11 Å². The van der Waals surface area contributed by atoms with Crippen LogP contribution in [0.3, 0.4) is 0 Å². The van der Waals surface area contributed by atoms with E-state index in [0.717, 1.165) is 5.16 Å². The number of hydrogen-bond donors (Lipinski definition) is 2. The van der Waals surface area contributed by atoms with Gasteiger partial charge in [-0.25, -0.2) is 9.97 Å². The van der Waals surface area contributed by atoms with Gasteiger partial charge in [-0.05, 0) is 19.4 Å². The van der Waals surface area contributed by atoms with Crippen LogP contribution in [0, 0.1) is 0 Å². The van der Waals surface area contributed by atoms with E-state index in [-0.39, 0.29) is 11.8 Å². The molecule has 0 saturated heterocycles. The molecule has 0 aliphatic rings. The van der Waals surface area contributed by atoms with Crippen LogP contribution in [-0.2, 0) is 0 Å². The molecule has 0 spiro atoms. The Kier molecular flexibility index (Phi) is 4.50. The van der Waals surface area contributed by atoms with E-state index in [2.05, 4.69) is 9.97 Å². The molecule has 0 aliphatic heterocycles. The highest BCUT2D eigenvalue weighted by Crippen LogP contribution is 2.25. The van der Waals surface area contributed by atoms with Gasteiger partial charge in [0.2, 0.25) is 0 Å². The molecule has 2 unspecified atom stereocenters. The zero-order valence-corrected chi connectivity index (χ0v) is 9.87. The molecule has 0 amide bonds.